The number of phenolic OH excluding ortho intramolecular Hbond substituents is 1. The SMILES string of the molecule is CCOc1cc(C=CCNC(=O)OC(C)(C)C)cc(Br)c1O. The fourth-order valence-electron chi connectivity index (χ4n) is 1.61. The summed E-state index contributed by atoms with van der Waals surface area (Å²) in [6, 6.07) is 3.50. The number of carbonyl (C=O) groups excluding carboxylic acids is 1. The number of ether oxygens (including phenoxy) is 2. The van der Waals surface area contributed by atoms with Crippen LogP contribution in [0.5, 0.6) is 11.5 Å². The van der Waals surface area contributed by atoms with Crippen LogP contribution in [0.2, 0.25) is 0 Å². The molecule has 1 aromatic carbocycles. The third-order valence-electron chi connectivity index (χ3n) is 2.42. The molecule has 0 spiro atoms. The lowest BCUT2D eigenvalue weighted by molar-refractivity contribution is 0.0534. The highest BCUT2D eigenvalue weighted by Crippen LogP contribution is 2.35. The van der Waals surface area contributed by atoms with Crippen LogP contribution in [0.4, 0.5) is 4.79 Å². The molecule has 1 aromatic rings. The summed E-state index contributed by atoms with van der Waals surface area (Å²) in [7, 11) is 0. The van der Waals surface area contributed by atoms with Crippen LogP contribution >= 0.6 is 15.9 Å². The molecule has 0 saturated heterocycles. The molecule has 0 heterocycles. The van der Waals surface area contributed by atoms with Gasteiger partial charge in [0.25, 0.3) is 0 Å². The maximum atomic E-state index is 11.5. The maximum absolute atomic E-state index is 11.5. The van der Waals surface area contributed by atoms with Crippen LogP contribution in [0.15, 0.2) is 22.7 Å². The van der Waals surface area contributed by atoms with E-state index in [9.17, 15) is 9.90 Å². The molecule has 0 aliphatic heterocycles. The first-order valence-electron chi connectivity index (χ1n) is 7.01. The summed E-state index contributed by atoms with van der Waals surface area (Å²) < 4.78 is 11.0. The van der Waals surface area contributed by atoms with Crippen LogP contribution in [0.1, 0.15) is 33.3 Å². The van der Waals surface area contributed by atoms with E-state index in [1.54, 1.807) is 18.2 Å². The maximum Gasteiger partial charge on any atom is 0.407 e. The Balaban J connectivity index is 2.62. The van der Waals surface area contributed by atoms with E-state index >= 15 is 0 Å². The third kappa shape index (κ3) is 6.39. The van der Waals surface area contributed by atoms with Crippen LogP contribution in [0, 0.1) is 0 Å². The highest BCUT2D eigenvalue weighted by atomic mass is 79.9. The Morgan fingerprint density at radius 2 is 2.09 bits per heavy atom. The summed E-state index contributed by atoms with van der Waals surface area (Å²) in [5, 5.41) is 12.5. The average Bonchev–Trinajstić information content (AvgIpc) is 2.38. The molecule has 22 heavy (non-hydrogen) atoms. The second-order valence-corrected chi connectivity index (χ2v) is 6.42. The van der Waals surface area contributed by atoms with Gasteiger partial charge >= 0.3 is 6.09 Å². The Kier molecular flexibility index (Phi) is 6.74. The number of hydrogen-bond donors (Lipinski definition) is 2. The van der Waals surface area contributed by atoms with Gasteiger partial charge in [-0.1, -0.05) is 12.2 Å². The lowest BCUT2D eigenvalue weighted by atomic mass is 10.2. The fraction of sp³-hybridized carbons (Fsp3) is 0.438. The number of amides is 1. The van der Waals surface area contributed by atoms with Crippen molar-refractivity contribution in [3.63, 3.8) is 0 Å². The van der Waals surface area contributed by atoms with Gasteiger partial charge in [0.2, 0.25) is 0 Å². The predicted octanol–water partition coefficient (Wildman–Crippen LogP) is 4.09. The summed E-state index contributed by atoms with van der Waals surface area (Å²) in [4.78, 5) is 11.5. The van der Waals surface area contributed by atoms with E-state index in [-0.39, 0.29) is 5.75 Å². The summed E-state index contributed by atoms with van der Waals surface area (Å²) in [5.41, 5.74) is 0.335. The molecule has 0 unspecified atom stereocenters. The van der Waals surface area contributed by atoms with E-state index in [1.807, 2.05) is 33.8 Å². The Hall–Kier alpha value is -1.69. The highest BCUT2D eigenvalue weighted by Gasteiger charge is 2.15. The fourth-order valence-corrected chi connectivity index (χ4v) is 2.07. The minimum atomic E-state index is -0.512. The van der Waals surface area contributed by atoms with Gasteiger partial charge in [0.05, 0.1) is 11.1 Å². The van der Waals surface area contributed by atoms with E-state index < -0.39 is 11.7 Å². The molecule has 2 N–H and O–H groups in total. The van der Waals surface area contributed by atoms with Gasteiger partial charge in [-0.3, -0.25) is 0 Å². The highest BCUT2D eigenvalue weighted by molar-refractivity contribution is 9.10. The minimum absolute atomic E-state index is 0.0749. The largest absolute Gasteiger partial charge is 0.503 e. The van der Waals surface area contributed by atoms with Crippen molar-refractivity contribution in [3.8, 4) is 11.5 Å². The van der Waals surface area contributed by atoms with Crippen LogP contribution in [0.25, 0.3) is 6.08 Å². The predicted molar refractivity (Wildman–Crippen MR) is 90.2 cm³/mol. The van der Waals surface area contributed by atoms with Crippen LogP contribution < -0.4 is 10.1 Å². The molecule has 1 amide bonds. The smallest absolute Gasteiger partial charge is 0.407 e. The van der Waals surface area contributed by atoms with Gasteiger partial charge in [0.15, 0.2) is 11.5 Å². The van der Waals surface area contributed by atoms with Crippen molar-refractivity contribution in [2.24, 2.45) is 0 Å². The van der Waals surface area contributed by atoms with Gasteiger partial charge in [-0.25, -0.2) is 4.79 Å². The standard InChI is InChI=1S/C16H22BrNO4/c1-5-21-13-10-11(9-12(17)14(13)19)7-6-8-18-15(20)22-16(2,3)4/h6-7,9-10,19H,5,8H2,1-4H3,(H,18,20). The molecule has 0 fully saturated rings. The number of aromatic hydroxyl groups is 1. The summed E-state index contributed by atoms with van der Waals surface area (Å²) in [6.07, 6.45) is 3.15. The average molecular weight is 372 g/mol. The van der Waals surface area contributed by atoms with Gasteiger partial charge < -0.3 is 19.9 Å². The number of phenols is 1. The molecule has 5 nitrogen and oxygen atoms in total. The first kappa shape index (κ1) is 18.4. The molecule has 0 atom stereocenters. The monoisotopic (exact) mass is 371 g/mol. The molecule has 122 valence electrons. The van der Waals surface area contributed by atoms with Crippen molar-refractivity contribution in [1.29, 1.82) is 0 Å². The van der Waals surface area contributed by atoms with Gasteiger partial charge in [-0.2, -0.15) is 0 Å². The van der Waals surface area contributed by atoms with E-state index in [0.717, 1.165) is 5.56 Å². The first-order chi connectivity index (χ1) is 10.2. The Labute approximate surface area is 139 Å². The number of benzene rings is 1. The van der Waals surface area contributed by atoms with Crippen LogP contribution in [-0.2, 0) is 4.74 Å². The van der Waals surface area contributed by atoms with Crippen LogP contribution in [0.3, 0.4) is 0 Å². The number of rotatable bonds is 5. The molecule has 1 rings (SSSR count). The molecule has 0 aliphatic rings. The van der Waals surface area contributed by atoms with E-state index in [1.165, 1.54) is 0 Å². The van der Waals surface area contributed by atoms with E-state index in [0.29, 0.717) is 23.4 Å². The van der Waals surface area contributed by atoms with Crippen molar-refractivity contribution in [2.45, 2.75) is 33.3 Å². The number of hydrogen-bond acceptors (Lipinski definition) is 4. The zero-order valence-electron chi connectivity index (χ0n) is 13.3. The number of halogens is 1. The number of carbonyl (C=O) groups is 1. The van der Waals surface area contributed by atoms with Gasteiger partial charge in [0.1, 0.15) is 5.60 Å². The zero-order chi connectivity index (χ0) is 16.8. The van der Waals surface area contributed by atoms with Gasteiger partial charge in [-0.15, -0.1) is 0 Å². The second kappa shape index (κ2) is 8.08. The van der Waals surface area contributed by atoms with Crippen molar-refractivity contribution in [3.05, 3.63) is 28.2 Å². The second-order valence-electron chi connectivity index (χ2n) is 5.57. The van der Waals surface area contributed by atoms with Crippen molar-refractivity contribution < 1.29 is 19.4 Å². The molecule has 0 aliphatic carbocycles. The topological polar surface area (TPSA) is 67.8 Å². The molecular formula is C16H22BrNO4. The Morgan fingerprint density at radius 1 is 1.41 bits per heavy atom. The van der Waals surface area contributed by atoms with Crippen molar-refractivity contribution in [2.75, 3.05) is 13.2 Å². The lowest BCUT2D eigenvalue weighted by Crippen LogP contribution is -2.32. The first-order valence-corrected chi connectivity index (χ1v) is 7.81. The normalized spacial score (nSPS) is 11.5. The van der Waals surface area contributed by atoms with E-state index in [4.69, 9.17) is 9.47 Å². The summed E-state index contributed by atoms with van der Waals surface area (Å²) >= 11 is 3.28. The third-order valence-corrected chi connectivity index (χ3v) is 3.03. The number of nitrogens with one attached hydrogen (secondary N) is 1. The molecule has 0 bridgehead atoms. The molecule has 6 heteroatoms. The Morgan fingerprint density at radius 3 is 2.68 bits per heavy atom. The molecule has 0 aromatic heterocycles. The quantitative estimate of drug-likeness (QED) is 0.817. The Bertz CT molecular complexity index is 550. The van der Waals surface area contributed by atoms with Gasteiger partial charge in [0, 0.05) is 6.54 Å². The van der Waals surface area contributed by atoms with Crippen molar-refractivity contribution >= 4 is 28.1 Å². The lowest BCUT2D eigenvalue weighted by Gasteiger charge is -2.19. The van der Waals surface area contributed by atoms with Crippen LogP contribution in [-0.4, -0.2) is 30.0 Å². The summed E-state index contributed by atoms with van der Waals surface area (Å²) in [5.74, 6) is 0.488. The summed E-state index contributed by atoms with van der Waals surface area (Å²) in [6.45, 7) is 8.09. The zero-order valence-corrected chi connectivity index (χ0v) is 14.9. The molecule has 0 saturated carbocycles. The minimum Gasteiger partial charge on any atom is -0.503 e. The number of alkyl carbamates (subject to hydrolysis) is 1. The molecular weight excluding hydrogens is 350 g/mol. The molecule has 0 radical (unpaired) electrons. The van der Waals surface area contributed by atoms with Crippen molar-refractivity contribution in [1.82, 2.24) is 5.32 Å². The van der Waals surface area contributed by atoms with Gasteiger partial charge in [-0.05, 0) is 61.3 Å². The van der Waals surface area contributed by atoms with E-state index in [2.05, 4.69) is 21.2 Å².